The second kappa shape index (κ2) is 7.18. The summed E-state index contributed by atoms with van der Waals surface area (Å²) < 4.78 is 28.7. The summed E-state index contributed by atoms with van der Waals surface area (Å²) in [6.07, 6.45) is 4.93. The van der Waals surface area contributed by atoms with Gasteiger partial charge in [0.15, 0.2) is 14.9 Å². The second-order valence-electron chi connectivity index (χ2n) is 7.55. The Morgan fingerprint density at radius 3 is 2.68 bits per heavy atom. The summed E-state index contributed by atoms with van der Waals surface area (Å²) in [5.74, 6) is 0.215. The third-order valence-electron chi connectivity index (χ3n) is 5.40. The lowest BCUT2D eigenvalue weighted by atomic mass is 10.1. The molecule has 8 heteroatoms. The fourth-order valence-corrected chi connectivity index (χ4v) is 5.77. The molecule has 0 fully saturated rings. The molecule has 1 aliphatic rings. The quantitative estimate of drug-likeness (QED) is 0.680. The number of hydrogen-bond acceptors (Lipinski definition) is 5. The van der Waals surface area contributed by atoms with Crippen molar-refractivity contribution in [3.05, 3.63) is 64.6 Å². The number of aliphatic hydroxyl groups is 1. The summed E-state index contributed by atoms with van der Waals surface area (Å²) in [7, 11) is -1.70. The molecule has 1 atom stereocenters. The van der Waals surface area contributed by atoms with Gasteiger partial charge in [-0.05, 0) is 48.4 Å². The lowest BCUT2D eigenvalue weighted by molar-refractivity contribution is 0.281. The molecule has 0 bridgehead atoms. The van der Waals surface area contributed by atoms with Gasteiger partial charge >= 0.3 is 0 Å². The Morgan fingerprint density at radius 2 is 2.00 bits per heavy atom. The van der Waals surface area contributed by atoms with Crippen LogP contribution in [0.1, 0.15) is 27.9 Å². The molecule has 2 aromatic heterocycles. The maximum absolute atomic E-state index is 12.7. The van der Waals surface area contributed by atoms with Gasteiger partial charge in [-0.3, -0.25) is 9.36 Å². The van der Waals surface area contributed by atoms with Crippen LogP contribution < -0.4 is 0 Å². The normalized spacial score (nSPS) is 16.5. The molecule has 0 saturated heterocycles. The van der Waals surface area contributed by atoms with Crippen LogP contribution in [0.4, 0.5) is 0 Å². The molecular weight excluding hydrogens is 376 g/mol. The van der Waals surface area contributed by atoms with Gasteiger partial charge in [-0.15, -0.1) is 0 Å². The molecule has 148 valence electrons. The third-order valence-corrected chi connectivity index (χ3v) is 7.35. The molecule has 4 rings (SSSR count). The Hall–Kier alpha value is -2.45. The van der Waals surface area contributed by atoms with E-state index in [1.807, 2.05) is 17.8 Å². The first-order chi connectivity index (χ1) is 13.4. The van der Waals surface area contributed by atoms with Crippen molar-refractivity contribution >= 4 is 9.84 Å². The molecular formula is C20H24N4O3S. The van der Waals surface area contributed by atoms with E-state index in [1.165, 1.54) is 22.0 Å². The minimum atomic E-state index is -3.35. The highest BCUT2D eigenvalue weighted by atomic mass is 32.2. The third kappa shape index (κ3) is 3.62. The summed E-state index contributed by atoms with van der Waals surface area (Å²) in [6, 6.07) is 7.89. The highest BCUT2D eigenvalue weighted by molar-refractivity contribution is 7.91. The summed E-state index contributed by atoms with van der Waals surface area (Å²) in [5.41, 5.74) is 5.24. The van der Waals surface area contributed by atoms with Crippen molar-refractivity contribution in [3.63, 3.8) is 0 Å². The highest BCUT2D eigenvalue weighted by Gasteiger charge is 2.29. The molecule has 0 saturated carbocycles. The van der Waals surface area contributed by atoms with Crippen molar-refractivity contribution in [1.82, 2.24) is 19.6 Å². The number of aromatic nitrogens is 4. The van der Waals surface area contributed by atoms with Crippen LogP contribution in [-0.4, -0.2) is 38.8 Å². The van der Waals surface area contributed by atoms with Crippen LogP contribution >= 0.6 is 0 Å². The molecule has 0 aliphatic heterocycles. The number of aliphatic hydroxyl groups excluding tert-OH is 1. The number of nitrogens with zero attached hydrogens (tertiary/aromatic N) is 4. The lowest BCUT2D eigenvalue weighted by Gasteiger charge is -2.10. The van der Waals surface area contributed by atoms with Crippen LogP contribution in [0.5, 0.6) is 0 Å². The van der Waals surface area contributed by atoms with Crippen molar-refractivity contribution in [2.45, 2.75) is 37.9 Å². The molecule has 7 nitrogen and oxygen atoms in total. The lowest BCUT2D eigenvalue weighted by Crippen LogP contribution is -2.19. The summed E-state index contributed by atoms with van der Waals surface area (Å²) in [4.78, 5) is 0. The van der Waals surface area contributed by atoms with E-state index in [2.05, 4.69) is 28.4 Å². The number of hydrogen-bond donors (Lipinski definition) is 1. The van der Waals surface area contributed by atoms with Crippen LogP contribution in [0.2, 0.25) is 0 Å². The van der Waals surface area contributed by atoms with Crippen LogP contribution in [0, 0.1) is 12.8 Å². The van der Waals surface area contributed by atoms with Gasteiger partial charge in [0, 0.05) is 18.8 Å². The van der Waals surface area contributed by atoms with E-state index in [1.54, 1.807) is 13.1 Å². The number of fused-ring (bicyclic) bond motifs is 1. The van der Waals surface area contributed by atoms with E-state index >= 15 is 0 Å². The van der Waals surface area contributed by atoms with E-state index in [9.17, 15) is 13.5 Å². The molecule has 1 N–H and O–H groups in total. The van der Waals surface area contributed by atoms with Crippen molar-refractivity contribution in [2.75, 3.05) is 5.75 Å². The largest absolute Gasteiger partial charge is 0.392 e. The molecule has 1 aromatic carbocycles. The Kier molecular flexibility index (Phi) is 4.84. The van der Waals surface area contributed by atoms with Crippen molar-refractivity contribution in [3.8, 4) is 0 Å². The summed E-state index contributed by atoms with van der Waals surface area (Å²) >= 11 is 0. The fourth-order valence-electron chi connectivity index (χ4n) is 4.02. The number of sulfone groups is 1. The van der Waals surface area contributed by atoms with Crippen molar-refractivity contribution in [1.29, 1.82) is 0 Å². The average Bonchev–Trinajstić information content (AvgIpc) is 3.32. The summed E-state index contributed by atoms with van der Waals surface area (Å²) in [5, 5.41) is 18.0. The Morgan fingerprint density at radius 1 is 1.21 bits per heavy atom. The highest BCUT2D eigenvalue weighted by Crippen LogP contribution is 2.30. The molecule has 2 heterocycles. The smallest absolute Gasteiger partial charge is 0.195 e. The second-order valence-corrected chi connectivity index (χ2v) is 9.53. The minimum absolute atomic E-state index is 0.0111. The topological polar surface area (TPSA) is 90.0 Å². The zero-order chi connectivity index (χ0) is 19.9. The molecule has 3 aromatic rings. The van der Waals surface area contributed by atoms with Gasteiger partial charge in [0.1, 0.15) is 0 Å². The van der Waals surface area contributed by atoms with Crippen LogP contribution in [0.15, 0.2) is 41.7 Å². The zero-order valence-corrected chi connectivity index (χ0v) is 16.9. The van der Waals surface area contributed by atoms with Crippen LogP contribution in [0.25, 0.3) is 0 Å². The Bertz CT molecular complexity index is 1110. The zero-order valence-electron chi connectivity index (χ0n) is 16.0. The first-order valence-corrected chi connectivity index (χ1v) is 11.0. The van der Waals surface area contributed by atoms with Gasteiger partial charge in [-0.1, -0.05) is 18.2 Å². The van der Waals surface area contributed by atoms with Gasteiger partial charge in [-0.2, -0.15) is 10.2 Å². The van der Waals surface area contributed by atoms with E-state index in [4.69, 9.17) is 0 Å². The maximum atomic E-state index is 12.7. The standard InChI is InChI=1S/C20H24N4O3S/c1-14-19(12-25)11-24(22-14)10-15-3-4-17-8-16(9-18(17)7-15)13-28(26,27)20-5-6-21-23(20)2/h3-7,11,16,25H,8-10,12-13H2,1-2H3/t16-/m0/s1. The van der Waals surface area contributed by atoms with Gasteiger partial charge < -0.3 is 5.11 Å². The molecule has 1 aliphatic carbocycles. The van der Waals surface area contributed by atoms with Gasteiger partial charge in [0.05, 0.1) is 30.8 Å². The van der Waals surface area contributed by atoms with Crippen molar-refractivity contribution < 1.29 is 13.5 Å². The van der Waals surface area contributed by atoms with E-state index in [-0.39, 0.29) is 23.3 Å². The van der Waals surface area contributed by atoms with E-state index < -0.39 is 9.84 Å². The Balaban J connectivity index is 1.47. The predicted octanol–water partition coefficient (Wildman–Crippen LogP) is 1.65. The number of rotatable bonds is 6. The van der Waals surface area contributed by atoms with Crippen molar-refractivity contribution in [2.24, 2.45) is 13.0 Å². The Labute approximate surface area is 164 Å². The van der Waals surface area contributed by atoms with Crippen LogP contribution in [0.3, 0.4) is 0 Å². The van der Waals surface area contributed by atoms with E-state index in [0.717, 1.165) is 29.7 Å². The summed E-state index contributed by atoms with van der Waals surface area (Å²) in [6.45, 7) is 2.51. The maximum Gasteiger partial charge on any atom is 0.195 e. The SMILES string of the molecule is Cc1nn(Cc2ccc3c(c2)C[C@@H](CS(=O)(=O)c2ccnn2C)C3)cc1CO. The first-order valence-electron chi connectivity index (χ1n) is 9.31. The van der Waals surface area contributed by atoms with Gasteiger partial charge in [0.25, 0.3) is 0 Å². The monoisotopic (exact) mass is 400 g/mol. The first kappa shape index (κ1) is 18.9. The average molecular weight is 401 g/mol. The number of aryl methyl sites for hydroxylation is 2. The van der Waals surface area contributed by atoms with E-state index in [0.29, 0.717) is 6.54 Å². The minimum Gasteiger partial charge on any atom is -0.392 e. The molecule has 0 spiro atoms. The molecule has 0 amide bonds. The molecule has 0 radical (unpaired) electrons. The van der Waals surface area contributed by atoms with Crippen LogP contribution in [-0.2, 0) is 42.9 Å². The fraction of sp³-hybridized carbons (Fsp3) is 0.400. The molecule has 0 unspecified atom stereocenters. The molecule has 28 heavy (non-hydrogen) atoms. The van der Waals surface area contributed by atoms with Gasteiger partial charge in [0.2, 0.25) is 0 Å². The van der Waals surface area contributed by atoms with Gasteiger partial charge in [-0.25, -0.2) is 8.42 Å². The number of benzene rings is 1. The predicted molar refractivity (Wildman–Crippen MR) is 105 cm³/mol.